The zero-order chi connectivity index (χ0) is 11.5. The minimum atomic E-state index is 0.0988. The average molecular weight is 257 g/mol. The molecule has 2 atom stereocenters. The van der Waals surface area contributed by atoms with Crippen molar-refractivity contribution in [3.05, 3.63) is 22.4 Å². The summed E-state index contributed by atoms with van der Waals surface area (Å²) in [6.45, 7) is 3.81. The van der Waals surface area contributed by atoms with Crippen molar-refractivity contribution in [2.45, 2.75) is 17.5 Å². The van der Waals surface area contributed by atoms with Gasteiger partial charge in [0.1, 0.15) is 5.37 Å². The molecule has 0 aromatic carbocycles. The smallest absolute Gasteiger partial charge is 0.236 e. The summed E-state index contributed by atoms with van der Waals surface area (Å²) in [6.07, 6.45) is 0. The molecule has 1 aliphatic heterocycles. The fourth-order valence-corrected chi connectivity index (χ4v) is 3.91. The minimum absolute atomic E-state index is 0.0988. The van der Waals surface area contributed by atoms with Crippen LogP contribution in [0.5, 0.6) is 0 Å². The van der Waals surface area contributed by atoms with Crippen LogP contribution < -0.4 is 5.32 Å². The summed E-state index contributed by atoms with van der Waals surface area (Å²) in [6, 6.07) is 2.12. The number of rotatable bonds is 4. The van der Waals surface area contributed by atoms with Gasteiger partial charge in [-0.05, 0) is 29.3 Å². The second kappa shape index (κ2) is 5.21. The van der Waals surface area contributed by atoms with Crippen LogP contribution in [-0.4, -0.2) is 36.2 Å². The summed E-state index contributed by atoms with van der Waals surface area (Å²) in [4.78, 5) is 14.0. The average Bonchev–Trinajstić information content (AvgIpc) is 2.87. The van der Waals surface area contributed by atoms with Gasteiger partial charge < -0.3 is 10.2 Å². The Kier molecular flexibility index (Phi) is 3.89. The molecular weight excluding hydrogens is 240 g/mol. The highest BCUT2D eigenvalue weighted by molar-refractivity contribution is 8.01. The van der Waals surface area contributed by atoms with Gasteiger partial charge in [-0.3, -0.25) is 4.79 Å². The van der Waals surface area contributed by atoms with E-state index in [1.165, 1.54) is 5.56 Å². The maximum Gasteiger partial charge on any atom is 0.236 e. The van der Waals surface area contributed by atoms with E-state index in [2.05, 4.69) is 22.1 Å². The highest BCUT2D eigenvalue weighted by Crippen LogP contribution is 2.42. The molecule has 5 heteroatoms. The van der Waals surface area contributed by atoms with Gasteiger partial charge in [-0.25, -0.2) is 0 Å². The molecule has 0 spiro atoms. The Labute approximate surface area is 104 Å². The van der Waals surface area contributed by atoms with Crippen LogP contribution in [0, 0.1) is 0 Å². The molecule has 1 saturated heterocycles. The molecule has 2 N–H and O–H groups in total. The lowest BCUT2D eigenvalue weighted by molar-refractivity contribution is -0.626. The SMILES string of the molecule is C[NH2+]CCN1C(=O)[C@@H](C)S[C@H]1c1ccsc1. The van der Waals surface area contributed by atoms with Crippen molar-refractivity contribution in [1.82, 2.24) is 4.90 Å². The van der Waals surface area contributed by atoms with Crippen LogP contribution in [0.3, 0.4) is 0 Å². The maximum atomic E-state index is 12.0. The molecule has 0 radical (unpaired) electrons. The molecule has 2 heterocycles. The fourth-order valence-electron chi connectivity index (χ4n) is 1.84. The zero-order valence-electron chi connectivity index (χ0n) is 9.55. The third-order valence-electron chi connectivity index (χ3n) is 2.73. The van der Waals surface area contributed by atoms with Gasteiger partial charge in [-0.2, -0.15) is 11.3 Å². The van der Waals surface area contributed by atoms with Crippen molar-refractivity contribution in [3.63, 3.8) is 0 Å². The van der Waals surface area contributed by atoms with Crippen molar-refractivity contribution < 1.29 is 10.1 Å². The number of likely N-dealkylation sites (N-methyl/N-ethyl adjacent to an activating group) is 1. The number of nitrogens with two attached hydrogens (primary N) is 1. The van der Waals surface area contributed by atoms with Crippen LogP contribution >= 0.6 is 23.1 Å². The maximum absolute atomic E-state index is 12.0. The quantitative estimate of drug-likeness (QED) is 0.870. The number of amides is 1. The Morgan fingerprint density at radius 2 is 2.38 bits per heavy atom. The number of nitrogens with zero attached hydrogens (tertiary/aromatic N) is 1. The van der Waals surface area contributed by atoms with Crippen molar-refractivity contribution in [2.24, 2.45) is 0 Å². The van der Waals surface area contributed by atoms with Gasteiger partial charge in [0.15, 0.2) is 0 Å². The largest absolute Gasteiger partial charge is 0.347 e. The fraction of sp³-hybridized carbons (Fsp3) is 0.545. The van der Waals surface area contributed by atoms with E-state index < -0.39 is 0 Å². The number of carbonyl (C=O) groups excluding carboxylic acids is 1. The second-order valence-corrected chi connectivity index (χ2v) is 6.12. The van der Waals surface area contributed by atoms with Gasteiger partial charge >= 0.3 is 0 Å². The number of hydrogen-bond acceptors (Lipinski definition) is 3. The molecule has 2 rings (SSSR count). The van der Waals surface area contributed by atoms with E-state index >= 15 is 0 Å². The van der Waals surface area contributed by atoms with Crippen LogP contribution in [0.1, 0.15) is 17.9 Å². The molecule has 1 aliphatic rings. The first-order valence-electron chi connectivity index (χ1n) is 5.50. The molecule has 1 aromatic rings. The topological polar surface area (TPSA) is 36.9 Å². The number of thiophene rings is 1. The molecule has 0 bridgehead atoms. The summed E-state index contributed by atoms with van der Waals surface area (Å²) >= 11 is 3.45. The van der Waals surface area contributed by atoms with Gasteiger partial charge in [0.05, 0.1) is 25.4 Å². The van der Waals surface area contributed by atoms with Gasteiger partial charge in [-0.1, -0.05) is 0 Å². The van der Waals surface area contributed by atoms with Gasteiger partial charge in [0, 0.05) is 0 Å². The molecule has 0 aliphatic carbocycles. The Morgan fingerprint density at radius 1 is 1.56 bits per heavy atom. The second-order valence-electron chi connectivity index (χ2n) is 3.92. The summed E-state index contributed by atoms with van der Waals surface area (Å²) in [7, 11) is 2.04. The molecular formula is C11H17N2OS2+. The van der Waals surface area contributed by atoms with Crippen molar-refractivity contribution in [3.8, 4) is 0 Å². The van der Waals surface area contributed by atoms with E-state index in [1.807, 2.05) is 18.9 Å². The molecule has 1 fully saturated rings. The lowest BCUT2D eigenvalue weighted by Crippen LogP contribution is -2.81. The first kappa shape index (κ1) is 12.0. The highest BCUT2D eigenvalue weighted by Gasteiger charge is 2.38. The molecule has 3 nitrogen and oxygen atoms in total. The molecule has 88 valence electrons. The summed E-state index contributed by atoms with van der Waals surface area (Å²) < 4.78 is 0. The Hall–Kier alpha value is -0.520. The zero-order valence-corrected chi connectivity index (χ0v) is 11.2. The van der Waals surface area contributed by atoms with E-state index in [4.69, 9.17) is 0 Å². The van der Waals surface area contributed by atoms with Gasteiger partial charge in [0.2, 0.25) is 5.91 Å². The van der Waals surface area contributed by atoms with Crippen LogP contribution in [0.2, 0.25) is 0 Å². The van der Waals surface area contributed by atoms with Crippen LogP contribution in [0.4, 0.5) is 0 Å². The first-order valence-corrected chi connectivity index (χ1v) is 7.38. The van der Waals surface area contributed by atoms with E-state index in [9.17, 15) is 4.79 Å². The molecule has 1 aromatic heterocycles. The normalized spacial score (nSPS) is 25.4. The predicted octanol–water partition coefficient (Wildman–Crippen LogP) is 0.904. The number of carbonyl (C=O) groups is 1. The highest BCUT2D eigenvalue weighted by atomic mass is 32.2. The molecule has 0 saturated carbocycles. The lowest BCUT2D eigenvalue weighted by atomic mass is 10.3. The van der Waals surface area contributed by atoms with Crippen LogP contribution in [0.15, 0.2) is 16.8 Å². The standard InChI is InChI=1S/C11H16N2OS2/c1-8-10(14)13(5-4-12-2)11(16-8)9-3-6-15-7-9/h3,6-8,11-12H,4-5H2,1-2H3/p+1/t8-,11+/m1/s1. The number of thioether (sulfide) groups is 1. The van der Waals surface area contributed by atoms with Crippen LogP contribution in [0.25, 0.3) is 0 Å². The van der Waals surface area contributed by atoms with E-state index in [1.54, 1.807) is 23.1 Å². The van der Waals surface area contributed by atoms with Crippen LogP contribution in [-0.2, 0) is 4.79 Å². The number of hydrogen-bond donors (Lipinski definition) is 1. The summed E-state index contributed by atoms with van der Waals surface area (Å²) in [5.41, 5.74) is 1.27. The monoisotopic (exact) mass is 257 g/mol. The van der Waals surface area contributed by atoms with E-state index in [0.717, 1.165) is 13.1 Å². The predicted molar refractivity (Wildman–Crippen MR) is 68.5 cm³/mol. The lowest BCUT2D eigenvalue weighted by Gasteiger charge is -2.22. The number of quaternary nitrogens is 1. The Bertz CT molecular complexity index is 353. The molecule has 0 unspecified atom stereocenters. The van der Waals surface area contributed by atoms with Gasteiger partial charge in [0.25, 0.3) is 0 Å². The van der Waals surface area contributed by atoms with E-state index in [-0.39, 0.29) is 16.5 Å². The molecule has 1 amide bonds. The minimum Gasteiger partial charge on any atom is -0.347 e. The van der Waals surface area contributed by atoms with Gasteiger partial charge in [-0.15, -0.1) is 11.8 Å². The van der Waals surface area contributed by atoms with Crippen molar-refractivity contribution in [2.75, 3.05) is 20.1 Å². The van der Waals surface area contributed by atoms with Crippen molar-refractivity contribution in [1.29, 1.82) is 0 Å². The Balaban J connectivity index is 2.13. The third kappa shape index (κ3) is 2.26. The summed E-state index contributed by atoms with van der Waals surface area (Å²) in [5.74, 6) is 0.281. The van der Waals surface area contributed by atoms with Crippen molar-refractivity contribution >= 4 is 29.0 Å². The third-order valence-corrected chi connectivity index (χ3v) is 4.83. The van der Waals surface area contributed by atoms with E-state index in [0.29, 0.717) is 0 Å². The molecule has 16 heavy (non-hydrogen) atoms. The Morgan fingerprint density at radius 3 is 3.00 bits per heavy atom. The summed E-state index contributed by atoms with van der Waals surface area (Å²) in [5, 5.41) is 6.67. The first-order chi connectivity index (χ1) is 7.74.